The minimum absolute atomic E-state index is 0.0208. The first-order chi connectivity index (χ1) is 13.8. The van der Waals surface area contributed by atoms with Gasteiger partial charge in [-0.1, -0.05) is 0 Å². The number of non-ortho nitro benzene ring substituents is 1. The number of hydrogen-bond donors (Lipinski definition) is 1. The van der Waals surface area contributed by atoms with E-state index >= 15 is 0 Å². The van der Waals surface area contributed by atoms with E-state index in [9.17, 15) is 29.3 Å². The molecule has 5 amide bonds. The zero-order chi connectivity index (χ0) is 20.7. The number of hydrogen-bond acceptors (Lipinski definition) is 7. The van der Waals surface area contributed by atoms with Crippen LogP contribution in [0.15, 0.2) is 47.5 Å². The fourth-order valence-corrected chi connectivity index (χ4v) is 2.93. The van der Waals surface area contributed by atoms with Crippen LogP contribution in [0.5, 0.6) is 11.5 Å². The van der Waals surface area contributed by atoms with Crippen molar-refractivity contribution in [2.45, 2.75) is 6.04 Å². The van der Waals surface area contributed by atoms with E-state index in [4.69, 9.17) is 4.74 Å². The molecule has 1 N–H and O–H groups in total. The molecule has 2 heterocycles. The minimum Gasteiger partial charge on any atom is -0.457 e. The second-order valence-corrected chi connectivity index (χ2v) is 6.06. The molecule has 2 aliphatic heterocycles. The van der Waals surface area contributed by atoms with E-state index in [1.165, 1.54) is 42.5 Å². The molecule has 0 bridgehead atoms. The molecule has 2 aromatic carbocycles. The number of nitrogens with zero attached hydrogens (tertiary/aromatic N) is 3. The normalized spacial score (nSPS) is 17.9. The summed E-state index contributed by atoms with van der Waals surface area (Å²) < 4.78 is 5.58. The van der Waals surface area contributed by atoms with Crippen molar-refractivity contribution < 1.29 is 28.8 Å². The van der Waals surface area contributed by atoms with Gasteiger partial charge in [0.05, 0.1) is 16.1 Å². The second kappa shape index (κ2) is 6.64. The Morgan fingerprint density at radius 3 is 2.28 bits per heavy atom. The van der Waals surface area contributed by atoms with E-state index in [1.807, 2.05) is 5.32 Å². The molecule has 11 heteroatoms. The van der Waals surface area contributed by atoms with Crippen LogP contribution in [0.3, 0.4) is 0 Å². The summed E-state index contributed by atoms with van der Waals surface area (Å²) in [6.07, 6.45) is 0.942. The number of carbonyl (C=O) groups is 4. The van der Waals surface area contributed by atoms with Gasteiger partial charge in [0.15, 0.2) is 6.04 Å². The summed E-state index contributed by atoms with van der Waals surface area (Å²) in [6, 6.07) is 7.27. The highest BCUT2D eigenvalue weighted by atomic mass is 16.6. The average molecular weight is 394 g/mol. The molecule has 2 aliphatic rings. The van der Waals surface area contributed by atoms with Crippen molar-refractivity contribution in [2.24, 2.45) is 4.99 Å². The molecule has 1 unspecified atom stereocenters. The van der Waals surface area contributed by atoms with Gasteiger partial charge in [0.2, 0.25) is 0 Å². The molecule has 0 aromatic heterocycles. The maximum absolute atomic E-state index is 12.7. The quantitative estimate of drug-likeness (QED) is 0.471. The van der Waals surface area contributed by atoms with Gasteiger partial charge in [-0.2, -0.15) is 0 Å². The highest BCUT2D eigenvalue weighted by Crippen LogP contribution is 2.31. The van der Waals surface area contributed by atoms with Gasteiger partial charge in [-0.3, -0.25) is 34.7 Å². The average Bonchev–Trinajstić information content (AvgIpc) is 2.93. The maximum Gasteiger partial charge on any atom is 0.347 e. The summed E-state index contributed by atoms with van der Waals surface area (Å²) in [7, 11) is 0. The molecule has 0 aliphatic carbocycles. The number of urea groups is 1. The van der Waals surface area contributed by atoms with Crippen LogP contribution in [0, 0.1) is 10.1 Å². The smallest absolute Gasteiger partial charge is 0.347 e. The highest BCUT2D eigenvalue weighted by Gasteiger charge is 2.43. The zero-order valence-corrected chi connectivity index (χ0v) is 14.4. The SMILES string of the molecule is O=C1N=CC(N2C(=O)c3ccc(Oc4ccc([N+](=O)[O-])cc4)cc3C2=O)C(=O)N1. The lowest BCUT2D eigenvalue weighted by Crippen LogP contribution is -2.53. The van der Waals surface area contributed by atoms with Crippen LogP contribution < -0.4 is 10.1 Å². The summed E-state index contributed by atoms with van der Waals surface area (Å²) in [5.41, 5.74) is -0.00900. The van der Waals surface area contributed by atoms with E-state index in [-0.39, 0.29) is 22.6 Å². The Kier molecular flexibility index (Phi) is 4.11. The summed E-state index contributed by atoms with van der Waals surface area (Å²) in [4.78, 5) is 62.7. The Balaban J connectivity index is 1.60. The Bertz CT molecular complexity index is 1120. The Hall–Kier alpha value is -4.41. The third kappa shape index (κ3) is 3.10. The molecular formula is C18H10N4O7. The monoisotopic (exact) mass is 394 g/mol. The first-order valence-corrected chi connectivity index (χ1v) is 8.18. The molecule has 0 radical (unpaired) electrons. The topological polar surface area (TPSA) is 148 Å². The van der Waals surface area contributed by atoms with Crippen molar-refractivity contribution in [3.63, 3.8) is 0 Å². The number of nitro groups is 1. The van der Waals surface area contributed by atoms with Crippen molar-refractivity contribution in [2.75, 3.05) is 0 Å². The molecule has 144 valence electrons. The van der Waals surface area contributed by atoms with E-state index in [0.717, 1.165) is 6.21 Å². The van der Waals surface area contributed by atoms with Gasteiger partial charge in [-0.05, 0) is 30.3 Å². The summed E-state index contributed by atoms with van der Waals surface area (Å²) in [5.74, 6) is -1.76. The predicted octanol–water partition coefficient (Wildman–Crippen LogP) is 1.67. The van der Waals surface area contributed by atoms with Gasteiger partial charge in [0.1, 0.15) is 11.5 Å². The molecule has 29 heavy (non-hydrogen) atoms. The largest absolute Gasteiger partial charge is 0.457 e. The number of rotatable bonds is 4. The molecule has 4 rings (SSSR count). The van der Waals surface area contributed by atoms with E-state index in [0.29, 0.717) is 10.6 Å². The Labute approximate surface area is 161 Å². The van der Waals surface area contributed by atoms with Crippen LogP contribution in [0.1, 0.15) is 20.7 Å². The number of nitrogens with one attached hydrogen (secondary N) is 1. The zero-order valence-electron chi connectivity index (χ0n) is 14.4. The van der Waals surface area contributed by atoms with E-state index in [2.05, 4.69) is 4.99 Å². The number of nitro benzene ring substituents is 1. The van der Waals surface area contributed by atoms with Crippen molar-refractivity contribution in [1.82, 2.24) is 10.2 Å². The first-order valence-electron chi connectivity index (χ1n) is 8.18. The van der Waals surface area contributed by atoms with Crippen molar-refractivity contribution in [1.29, 1.82) is 0 Å². The molecule has 2 aromatic rings. The maximum atomic E-state index is 12.7. The van der Waals surface area contributed by atoms with Gasteiger partial charge >= 0.3 is 6.03 Å². The molecule has 0 saturated carbocycles. The van der Waals surface area contributed by atoms with Crippen molar-refractivity contribution in [3.8, 4) is 11.5 Å². The minimum atomic E-state index is -1.33. The van der Waals surface area contributed by atoms with Crippen LogP contribution in [0.4, 0.5) is 10.5 Å². The van der Waals surface area contributed by atoms with Crippen molar-refractivity contribution >= 4 is 35.7 Å². The number of imide groups is 2. The number of amides is 5. The standard InChI is InChI=1S/C18H10N4O7/c23-15-14(8-19-18(26)20-15)21-16(24)12-6-5-11(7-13(12)17(21)25)29-10-3-1-9(2-4-10)22(27)28/h1-8,14H,(H,20,23,26). The fourth-order valence-electron chi connectivity index (χ4n) is 2.93. The van der Waals surface area contributed by atoms with Crippen LogP contribution in [-0.2, 0) is 4.79 Å². The highest BCUT2D eigenvalue weighted by molar-refractivity contribution is 6.26. The lowest BCUT2D eigenvalue weighted by molar-refractivity contribution is -0.384. The van der Waals surface area contributed by atoms with Crippen LogP contribution in [-0.4, -0.2) is 45.8 Å². The lowest BCUT2D eigenvalue weighted by Gasteiger charge is -2.23. The van der Waals surface area contributed by atoms with Crippen LogP contribution in [0.2, 0.25) is 0 Å². The molecule has 0 saturated heterocycles. The number of benzene rings is 2. The van der Waals surface area contributed by atoms with Gasteiger partial charge in [-0.25, -0.2) is 9.79 Å². The third-order valence-corrected chi connectivity index (χ3v) is 4.28. The predicted molar refractivity (Wildman–Crippen MR) is 95.9 cm³/mol. The van der Waals surface area contributed by atoms with Gasteiger partial charge in [0.25, 0.3) is 23.4 Å². The fraction of sp³-hybridized carbons (Fsp3) is 0.0556. The third-order valence-electron chi connectivity index (χ3n) is 4.28. The van der Waals surface area contributed by atoms with E-state index in [1.54, 1.807) is 0 Å². The molecular weight excluding hydrogens is 384 g/mol. The molecule has 0 fully saturated rings. The Morgan fingerprint density at radius 2 is 1.62 bits per heavy atom. The van der Waals surface area contributed by atoms with Gasteiger partial charge in [-0.15, -0.1) is 0 Å². The Morgan fingerprint density at radius 1 is 0.966 bits per heavy atom. The summed E-state index contributed by atoms with van der Waals surface area (Å²) in [6.45, 7) is 0. The van der Waals surface area contributed by atoms with E-state index < -0.39 is 34.7 Å². The van der Waals surface area contributed by atoms with Gasteiger partial charge < -0.3 is 4.74 Å². The molecule has 0 spiro atoms. The number of aliphatic imine (C=N–C) groups is 1. The number of carbonyl (C=O) groups excluding carboxylic acids is 4. The lowest BCUT2D eigenvalue weighted by atomic mass is 10.1. The van der Waals surface area contributed by atoms with Crippen LogP contribution >= 0.6 is 0 Å². The number of fused-ring (bicyclic) bond motifs is 1. The van der Waals surface area contributed by atoms with Crippen molar-refractivity contribution in [3.05, 3.63) is 63.7 Å². The first kappa shape index (κ1) is 18.0. The molecule has 1 atom stereocenters. The summed E-state index contributed by atoms with van der Waals surface area (Å²) in [5, 5.41) is 12.6. The number of ether oxygens (including phenoxy) is 1. The second-order valence-electron chi connectivity index (χ2n) is 6.06. The molecule has 11 nitrogen and oxygen atoms in total. The van der Waals surface area contributed by atoms with Crippen LogP contribution in [0.25, 0.3) is 0 Å². The van der Waals surface area contributed by atoms with Gasteiger partial charge in [0, 0.05) is 18.3 Å². The summed E-state index contributed by atoms with van der Waals surface area (Å²) >= 11 is 0.